The molecule has 0 amide bonds. The van der Waals surface area contributed by atoms with Gasteiger partial charge in [-0.1, -0.05) is 15.9 Å². The molecule has 0 N–H and O–H groups in total. The molecule has 0 bridgehead atoms. The first kappa shape index (κ1) is 13.4. The Kier molecular flexibility index (Phi) is 3.63. The molecule has 0 aliphatic carbocycles. The maximum atomic E-state index is 13.0. The predicted molar refractivity (Wildman–Crippen MR) is 65.6 cm³/mol. The topological polar surface area (TPSA) is 46.4 Å². The van der Waals surface area contributed by atoms with Gasteiger partial charge in [-0.2, -0.15) is 0 Å². The summed E-state index contributed by atoms with van der Waals surface area (Å²) in [5, 5.41) is 10.7. The van der Waals surface area contributed by atoms with Crippen LogP contribution in [0.1, 0.15) is 12.0 Å². The van der Waals surface area contributed by atoms with E-state index in [-0.39, 0.29) is 25.2 Å². The molecule has 0 unspecified atom stereocenters. The van der Waals surface area contributed by atoms with Gasteiger partial charge in [0.25, 0.3) is 11.6 Å². The molecule has 7 heteroatoms. The Bertz CT molecular complexity index is 482. The number of hydrogen-bond donors (Lipinski definition) is 0. The molecular formula is C11H11BrF2N2O2. The summed E-state index contributed by atoms with van der Waals surface area (Å²) in [7, 11) is 0. The van der Waals surface area contributed by atoms with Crippen molar-refractivity contribution in [3.8, 4) is 0 Å². The fraction of sp³-hybridized carbons (Fsp3) is 0.455. The van der Waals surface area contributed by atoms with Crippen LogP contribution in [0.3, 0.4) is 0 Å². The van der Waals surface area contributed by atoms with E-state index in [1.54, 1.807) is 11.0 Å². The van der Waals surface area contributed by atoms with Gasteiger partial charge in [-0.15, -0.1) is 0 Å². The highest BCUT2D eigenvalue weighted by Crippen LogP contribution is 2.30. The van der Waals surface area contributed by atoms with Crippen molar-refractivity contribution in [1.82, 2.24) is 4.90 Å². The van der Waals surface area contributed by atoms with Crippen molar-refractivity contribution >= 4 is 21.6 Å². The Morgan fingerprint density at radius 3 is 2.78 bits per heavy atom. The van der Waals surface area contributed by atoms with Crippen molar-refractivity contribution in [3.05, 3.63) is 38.3 Å². The molecule has 1 aromatic carbocycles. The highest BCUT2D eigenvalue weighted by molar-refractivity contribution is 9.10. The summed E-state index contributed by atoms with van der Waals surface area (Å²) in [6.45, 7) is 0.308. The number of non-ortho nitro benzene ring substituents is 1. The monoisotopic (exact) mass is 320 g/mol. The first-order chi connectivity index (χ1) is 8.37. The number of benzene rings is 1. The third-order valence-corrected chi connectivity index (χ3v) is 3.66. The van der Waals surface area contributed by atoms with Crippen molar-refractivity contribution in [3.63, 3.8) is 0 Å². The molecule has 2 rings (SSSR count). The van der Waals surface area contributed by atoms with Crippen LogP contribution in [0.15, 0.2) is 22.7 Å². The molecule has 0 saturated carbocycles. The van der Waals surface area contributed by atoms with Crippen molar-refractivity contribution in [1.29, 1.82) is 0 Å². The maximum Gasteiger partial charge on any atom is 0.269 e. The number of rotatable bonds is 3. The van der Waals surface area contributed by atoms with E-state index in [1.165, 1.54) is 12.1 Å². The van der Waals surface area contributed by atoms with Crippen LogP contribution < -0.4 is 0 Å². The summed E-state index contributed by atoms with van der Waals surface area (Å²) < 4.78 is 26.8. The normalized spacial score (nSPS) is 19.1. The minimum Gasteiger partial charge on any atom is -0.293 e. The Morgan fingerprint density at radius 1 is 1.50 bits per heavy atom. The molecular weight excluding hydrogens is 310 g/mol. The molecule has 1 aromatic rings. The zero-order valence-corrected chi connectivity index (χ0v) is 11.0. The third kappa shape index (κ3) is 3.02. The second-order valence-electron chi connectivity index (χ2n) is 4.35. The zero-order valence-electron chi connectivity index (χ0n) is 9.41. The number of nitro benzene ring substituents is 1. The van der Waals surface area contributed by atoms with Gasteiger partial charge in [-0.05, 0) is 11.6 Å². The van der Waals surface area contributed by atoms with Gasteiger partial charge < -0.3 is 0 Å². The Labute approximate surface area is 111 Å². The van der Waals surface area contributed by atoms with Crippen LogP contribution in [-0.4, -0.2) is 28.8 Å². The van der Waals surface area contributed by atoms with E-state index in [0.717, 1.165) is 0 Å². The van der Waals surface area contributed by atoms with Crippen molar-refractivity contribution < 1.29 is 13.7 Å². The second kappa shape index (κ2) is 4.89. The molecule has 0 aromatic heterocycles. The summed E-state index contributed by atoms with van der Waals surface area (Å²) in [5.41, 5.74) is 0.626. The number of alkyl halides is 2. The van der Waals surface area contributed by atoms with Crippen LogP contribution in [0.5, 0.6) is 0 Å². The second-order valence-corrected chi connectivity index (χ2v) is 5.20. The van der Waals surface area contributed by atoms with E-state index in [0.29, 0.717) is 16.6 Å². The summed E-state index contributed by atoms with van der Waals surface area (Å²) in [6, 6.07) is 4.37. The highest BCUT2D eigenvalue weighted by Gasteiger charge is 2.38. The lowest BCUT2D eigenvalue weighted by molar-refractivity contribution is -0.384. The average molecular weight is 321 g/mol. The van der Waals surface area contributed by atoms with E-state index < -0.39 is 10.8 Å². The van der Waals surface area contributed by atoms with Gasteiger partial charge in [-0.25, -0.2) is 8.78 Å². The van der Waals surface area contributed by atoms with Gasteiger partial charge in [0.2, 0.25) is 0 Å². The van der Waals surface area contributed by atoms with Crippen LogP contribution in [0.25, 0.3) is 0 Å². The molecule has 1 heterocycles. The molecule has 1 aliphatic heterocycles. The predicted octanol–water partition coefficient (Wildman–Crippen LogP) is 3.20. The maximum absolute atomic E-state index is 13.0. The van der Waals surface area contributed by atoms with Gasteiger partial charge in [0.1, 0.15) is 0 Å². The molecule has 0 spiro atoms. The quantitative estimate of drug-likeness (QED) is 0.634. The van der Waals surface area contributed by atoms with Crippen LogP contribution in [0.4, 0.5) is 14.5 Å². The fourth-order valence-corrected chi connectivity index (χ4v) is 2.35. The molecule has 18 heavy (non-hydrogen) atoms. The zero-order chi connectivity index (χ0) is 13.3. The Hall–Kier alpha value is -1.08. The number of likely N-dealkylation sites (tertiary alicyclic amines) is 1. The van der Waals surface area contributed by atoms with E-state index in [2.05, 4.69) is 15.9 Å². The summed E-state index contributed by atoms with van der Waals surface area (Å²) in [5.74, 6) is -2.65. The molecule has 1 aliphatic rings. The van der Waals surface area contributed by atoms with Crippen LogP contribution in [-0.2, 0) is 6.54 Å². The van der Waals surface area contributed by atoms with Crippen molar-refractivity contribution in [2.75, 3.05) is 13.1 Å². The lowest BCUT2D eigenvalue weighted by Gasteiger charge is -2.16. The minimum atomic E-state index is -2.65. The van der Waals surface area contributed by atoms with Crippen LogP contribution in [0.2, 0.25) is 0 Å². The van der Waals surface area contributed by atoms with Gasteiger partial charge in [0.15, 0.2) is 0 Å². The van der Waals surface area contributed by atoms with Gasteiger partial charge >= 0.3 is 0 Å². The van der Waals surface area contributed by atoms with Crippen LogP contribution in [0, 0.1) is 10.1 Å². The number of halogens is 3. The summed E-state index contributed by atoms with van der Waals surface area (Å²) >= 11 is 3.28. The van der Waals surface area contributed by atoms with Gasteiger partial charge in [0, 0.05) is 36.1 Å². The van der Waals surface area contributed by atoms with E-state index >= 15 is 0 Å². The number of hydrogen-bond acceptors (Lipinski definition) is 3. The lowest BCUT2D eigenvalue weighted by atomic mass is 10.2. The molecule has 0 atom stereocenters. The molecule has 0 radical (unpaired) electrons. The molecule has 4 nitrogen and oxygen atoms in total. The Balaban J connectivity index is 2.14. The number of nitro groups is 1. The van der Waals surface area contributed by atoms with Gasteiger partial charge in [0.05, 0.1) is 11.5 Å². The highest BCUT2D eigenvalue weighted by atomic mass is 79.9. The lowest BCUT2D eigenvalue weighted by Crippen LogP contribution is -2.25. The largest absolute Gasteiger partial charge is 0.293 e. The van der Waals surface area contributed by atoms with E-state index in [9.17, 15) is 18.9 Å². The standard InChI is InChI=1S/C11H11BrF2N2O2/c12-10-2-1-9(16(17)18)5-8(10)6-15-4-3-11(13,14)7-15/h1-2,5H,3-4,6-7H2. The smallest absolute Gasteiger partial charge is 0.269 e. The van der Waals surface area contributed by atoms with Gasteiger partial charge in [-0.3, -0.25) is 15.0 Å². The Morgan fingerprint density at radius 2 is 2.22 bits per heavy atom. The van der Waals surface area contributed by atoms with E-state index in [1.807, 2.05) is 0 Å². The van der Waals surface area contributed by atoms with Crippen LogP contribution >= 0.6 is 15.9 Å². The first-order valence-electron chi connectivity index (χ1n) is 5.40. The molecule has 98 valence electrons. The summed E-state index contributed by atoms with van der Waals surface area (Å²) in [4.78, 5) is 11.8. The molecule has 1 fully saturated rings. The SMILES string of the molecule is O=[N+]([O-])c1ccc(Br)c(CN2CCC(F)(F)C2)c1. The molecule has 1 saturated heterocycles. The third-order valence-electron chi connectivity index (χ3n) is 2.88. The van der Waals surface area contributed by atoms with Crippen molar-refractivity contribution in [2.45, 2.75) is 18.9 Å². The fourth-order valence-electron chi connectivity index (χ4n) is 1.98. The number of nitrogens with zero attached hydrogens (tertiary/aromatic N) is 2. The average Bonchev–Trinajstić information content (AvgIpc) is 2.61. The van der Waals surface area contributed by atoms with E-state index in [4.69, 9.17) is 0 Å². The first-order valence-corrected chi connectivity index (χ1v) is 6.20. The summed E-state index contributed by atoms with van der Waals surface area (Å²) in [6.07, 6.45) is -0.153. The minimum absolute atomic E-state index is 0.0286. The van der Waals surface area contributed by atoms with Crippen molar-refractivity contribution in [2.24, 2.45) is 0 Å².